The summed E-state index contributed by atoms with van der Waals surface area (Å²) < 4.78 is 0. The third-order valence-corrected chi connectivity index (χ3v) is 4.27. The number of rotatable bonds is 10. The van der Waals surface area contributed by atoms with Crippen molar-refractivity contribution in [3.63, 3.8) is 0 Å². The SMILES string of the molecule is CCCCCC(C)=C(C)C(=O)C(C)=C(C)CCCCC. The number of allylic oxidation sites excluding steroid dienone is 4. The van der Waals surface area contributed by atoms with Crippen LogP contribution < -0.4 is 0 Å². The zero-order chi connectivity index (χ0) is 15.5. The lowest BCUT2D eigenvalue weighted by atomic mass is 9.94. The van der Waals surface area contributed by atoms with E-state index in [0.29, 0.717) is 0 Å². The number of carbonyl (C=O) groups is 1. The molecular weight excluding hydrogens is 244 g/mol. The molecule has 0 aromatic rings. The maximum atomic E-state index is 12.5. The normalized spacial score (nSPS) is 13.9. The minimum Gasteiger partial charge on any atom is -0.289 e. The number of hydrogen-bond acceptors (Lipinski definition) is 1. The highest BCUT2D eigenvalue weighted by atomic mass is 16.1. The van der Waals surface area contributed by atoms with Gasteiger partial charge in [0.2, 0.25) is 0 Å². The molecule has 0 aliphatic rings. The predicted octanol–water partition coefficient (Wildman–Crippen LogP) is 6.39. The molecule has 0 heterocycles. The number of carbonyl (C=O) groups excluding carboxylic acids is 1. The molecule has 1 heteroatoms. The Kier molecular flexibility index (Phi) is 10.4. The highest BCUT2D eigenvalue weighted by molar-refractivity contribution is 6.08. The molecule has 1 nitrogen and oxygen atoms in total. The van der Waals surface area contributed by atoms with Gasteiger partial charge in [0.05, 0.1) is 0 Å². The molecule has 0 aliphatic carbocycles. The lowest BCUT2D eigenvalue weighted by Crippen LogP contribution is -2.06. The van der Waals surface area contributed by atoms with E-state index < -0.39 is 0 Å². The van der Waals surface area contributed by atoms with E-state index in [1.807, 2.05) is 13.8 Å². The highest BCUT2D eigenvalue weighted by Crippen LogP contribution is 2.20. The first kappa shape index (κ1) is 19.1. The second-order valence-electron chi connectivity index (χ2n) is 6.05. The van der Waals surface area contributed by atoms with Crippen LogP contribution in [0.3, 0.4) is 0 Å². The third kappa shape index (κ3) is 7.07. The fourth-order valence-electron chi connectivity index (χ4n) is 2.32. The highest BCUT2D eigenvalue weighted by Gasteiger charge is 2.12. The van der Waals surface area contributed by atoms with E-state index in [1.165, 1.54) is 49.7 Å². The third-order valence-electron chi connectivity index (χ3n) is 4.27. The summed E-state index contributed by atoms with van der Waals surface area (Å²) in [5, 5.41) is 0. The Hall–Kier alpha value is -0.850. The first-order chi connectivity index (χ1) is 9.45. The van der Waals surface area contributed by atoms with Crippen molar-refractivity contribution in [2.45, 2.75) is 92.9 Å². The van der Waals surface area contributed by atoms with Crippen LogP contribution in [0.25, 0.3) is 0 Å². The summed E-state index contributed by atoms with van der Waals surface area (Å²) in [5.41, 5.74) is 4.47. The van der Waals surface area contributed by atoms with Gasteiger partial charge >= 0.3 is 0 Å². The Morgan fingerprint density at radius 2 is 1.00 bits per heavy atom. The molecule has 0 N–H and O–H groups in total. The fourth-order valence-corrected chi connectivity index (χ4v) is 2.32. The standard InChI is InChI=1S/C19H34O/c1-7-9-11-13-15(3)17(5)19(20)18(6)16(4)14-12-10-8-2/h7-14H2,1-6H3. The second kappa shape index (κ2) is 10.9. The summed E-state index contributed by atoms with van der Waals surface area (Å²) in [6.45, 7) is 12.6. The van der Waals surface area contributed by atoms with E-state index in [4.69, 9.17) is 0 Å². The van der Waals surface area contributed by atoms with Gasteiger partial charge in [-0.1, -0.05) is 50.7 Å². The van der Waals surface area contributed by atoms with Crippen LogP contribution in [0.2, 0.25) is 0 Å². The Morgan fingerprint density at radius 3 is 1.30 bits per heavy atom. The smallest absolute Gasteiger partial charge is 0.184 e. The minimum absolute atomic E-state index is 0.257. The van der Waals surface area contributed by atoms with Gasteiger partial charge in [0, 0.05) is 0 Å². The summed E-state index contributed by atoms with van der Waals surface area (Å²) in [4.78, 5) is 12.5. The van der Waals surface area contributed by atoms with Gasteiger partial charge in [0.15, 0.2) is 5.78 Å². The van der Waals surface area contributed by atoms with Crippen LogP contribution in [0.4, 0.5) is 0 Å². The molecule has 0 radical (unpaired) electrons. The van der Waals surface area contributed by atoms with E-state index >= 15 is 0 Å². The molecule has 0 amide bonds. The first-order valence-electron chi connectivity index (χ1n) is 8.33. The summed E-state index contributed by atoms with van der Waals surface area (Å²) in [5.74, 6) is 0.257. The Labute approximate surface area is 126 Å². The number of hydrogen-bond donors (Lipinski definition) is 0. The van der Waals surface area contributed by atoms with Crippen molar-refractivity contribution in [2.75, 3.05) is 0 Å². The lowest BCUT2D eigenvalue weighted by molar-refractivity contribution is -0.112. The zero-order valence-corrected chi connectivity index (χ0v) is 14.6. The Balaban J connectivity index is 4.68. The molecule has 0 aliphatic heterocycles. The molecule has 0 rings (SSSR count). The molecule has 0 saturated heterocycles. The van der Waals surface area contributed by atoms with Gasteiger partial charge in [-0.25, -0.2) is 0 Å². The fraction of sp³-hybridized carbons (Fsp3) is 0.737. The molecule has 0 aromatic heterocycles. The minimum atomic E-state index is 0.257. The van der Waals surface area contributed by atoms with Crippen LogP contribution in [0.15, 0.2) is 22.3 Å². The van der Waals surface area contributed by atoms with Gasteiger partial charge in [-0.05, 0) is 64.5 Å². The van der Waals surface area contributed by atoms with E-state index in [1.54, 1.807) is 0 Å². The van der Waals surface area contributed by atoms with Gasteiger partial charge in [0.25, 0.3) is 0 Å². The van der Waals surface area contributed by atoms with E-state index in [-0.39, 0.29) is 5.78 Å². The van der Waals surface area contributed by atoms with Gasteiger partial charge < -0.3 is 0 Å². The van der Waals surface area contributed by atoms with Crippen molar-refractivity contribution >= 4 is 5.78 Å². The number of ketones is 1. The van der Waals surface area contributed by atoms with Crippen molar-refractivity contribution in [3.8, 4) is 0 Å². The number of unbranched alkanes of at least 4 members (excludes halogenated alkanes) is 4. The molecule has 0 atom stereocenters. The van der Waals surface area contributed by atoms with Crippen LogP contribution in [0, 0.1) is 0 Å². The number of Topliss-reactive ketones (excluding diaryl/α,β-unsaturated/α-hetero) is 1. The van der Waals surface area contributed by atoms with Gasteiger partial charge in [-0.15, -0.1) is 0 Å². The van der Waals surface area contributed by atoms with Crippen molar-refractivity contribution in [3.05, 3.63) is 22.3 Å². The van der Waals surface area contributed by atoms with Gasteiger partial charge in [-0.3, -0.25) is 4.79 Å². The molecule has 20 heavy (non-hydrogen) atoms. The zero-order valence-electron chi connectivity index (χ0n) is 14.6. The molecule has 0 saturated carbocycles. The summed E-state index contributed by atoms with van der Waals surface area (Å²) >= 11 is 0. The lowest BCUT2D eigenvalue weighted by Gasteiger charge is -2.10. The summed E-state index contributed by atoms with van der Waals surface area (Å²) in [6.07, 6.45) is 9.50. The Bertz CT molecular complexity index is 324. The Morgan fingerprint density at radius 1 is 0.650 bits per heavy atom. The van der Waals surface area contributed by atoms with Crippen molar-refractivity contribution < 1.29 is 4.79 Å². The largest absolute Gasteiger partial charge is 0.289 e. The molecular formula is C19H34O. The van der Waals surface area contributed by atoms with Crippen LogP contribution in [0.5, 0.6) is 0 Å². The molecule has 0 spiro atoms. The molecule has 0 aromatic carbocycles. The summed E-state index contributed by atoms with van der Waals surface area (Å²) in [7, 11) is 0. The van der Waals surface area contributed by atoms with Crippen molar-refractivity contribution in [1.29, 1.82) is 0 Å². The van der Waals surface area contributed by atoms with Crippen LogP contribution >= 0.6 is 0 Å². The van der Waals surface area contributed by atoms with Crippen LogP contribution in [-0.4, -0.2) is 5.78 Å². The first-order valence-corrected chi connectivity index (χ1v) is 8.33. The monoisotopic (exact) mass is 278 g/mol. The average molecular weight is 278 g/mol. The molecule has 0 bridgehead atoms. The van der Waals surface area contributed by atoms with Crippen molar-refractivity contribution in [2.24, 2.45) is 0 Å². The van der Waals surface area contributed by atoms with Gasteiger partial charge in [-0.2, -0.15) is 0 Å². The quantitative estimate of drug-likeness (QED) is 0.334. The van der Waals surface area contributed by atoms with E-state index in [9.17, 15) is 4.79 Å². The van der Waals surface area contributed by atoms with E-state index in [2.05, 4.69) is 27.7 Å². The molecule has 0 fully saturated rings. The van der Waals surface area contributed by atoms with Crippen LogP contribution in [0.1, 0.15) is 92.9 Å². The summed E-state index contributed by atoms with van der Waals surface area (Å²) in [6, 6.07) is 0. The maximum Gasteiger partial charge on any atom is 0.184 e. The van der Waals surface area contributed by atoms with Crippen molar-refractivity contribution in [1.82, 2.24) is 0 Å². The predicted molar refractivity (Wildman–Crippen MR) is 90.0 cm³/mol. The second-order valence-corrected chi connectivity index (χ2v) is 6.05. The molecule has 116 valence electrons. The molecule has 0 unspecified atom stereocenters. The van der Waals surface area contributed by atoms with Crippen LogP contribution in [-0.2, 0) is 4.79 Å². The maximum absolute atomic E-state index is 12.5. The topological polar surface area (TPSA) is 17.1 Å². The van der Waals surface area contributed by atoms with Gasteiger partial charge in [0.1, 0.15) is 0 Å². The van der Waals surface area contributed by atoms with E-state index in [0.717, 1.165) is 24.0 Å². The average Bonchev–Trinajstić information content (AvgIpc) is 2.45.